The number of aliphatic hydroxyl groups excluding tert-OH is 1. The normalized spacial score (nSPS) is 13.5. The maximum Gasteiger partial charge on any atom is 0.281 e. The smallest absolute Gasteiger partial charge is 0.281 e. The van der Waals surface area contributed by atoms with Crippen molar-refractivity contribution in [3.8, 4) is 11.5 Å². The van der Waals surface area contributed by atoms with Crippen LogP contribution in [0.5, 0.6) is 11.5 Å². The number of ketones is 2. The first-order valence-electron chi connectivity index (χ1n) is 16.7. The fraction of sp³-hybridized carbons (Fsp3) is 0.289. The van der Waals surface area contributed by atoms with Gasteiger partial charge in [-0.1, -0.05) is 37.1 Å². The maximum atomic E-state index is 12.8. The minimum atomic E-state index is -0.745. The Morgan fingerprint density at radius 2 is 1.64 bits per heavy atom. The Labute approximate surface area is 289 Å². The molecule has 6 rings (SSSR count). The molecule has 0 unspecified atom stereocenters. The third kappa shape index (κ3) is 7.09. The van der Waals surface area contributed by atoms with Crippen molar-refractivity contribution in [3.63, 3.8) is 0 Å². The molecule has 50 heavy (non-hydrogen) atoms. The number of nitro benzene ring substituents is 1. The number of benzene rings is 4. The number of carbonyl (C=O) groups excluding carboxylic acids is 3. The van der Waals surface area contributed by atoms with E-state index in [1.165, 1.54) is 12.1 Å². The van der Waals surface area contributed by atoms with Crippen molar-refractivity contribution in [1.82, 2.24) is 5.32 Å². The van der Waals surface area contributed by atoms with E-state index in [0.717, 1.165) is 83.3 Å². The van der Waals surface area contributed by atoms with Crippen molar-refractivity contribution in [2.45, 2.75) is 44.9 Å². The number of unbranched alkanes of at least 4 members (excludes halogenated alkanes) is 3. The highest BCUT2D eigenvalue weighted by Gasteiger charge is 2.31. The van der Waals surface area contributed by atoms with E-state index in [-0.39, 0.29) is 24.0 Å². The van der Waals surface area contributed by atoms with Gasteiger partial charge in [-0.25, -0.2) is 0 Å². The number of fused-ring (bicyclic) bond motifs is 4. The van der Waals surface area contributed by atoms with Gasteiger partial charge in [-0.05, 0) is 43.5 Å². The van der Waals surface area contributed by atoms with Gasteiger partial charge in [0, 0.05) is 85.9 Å². The number of hydrogen-bond acceptors (Lipinski definition) is 10. The zero-order valence-electron chi connectivity index (χ0n) is 28.0. The number of nitrogens with one attached hydrogen (secondary N) is 3. The van der Waals surface area contributed by atoms with Crippen LogP contribution in [-0.4, -0.2) is 54.7 Å². The molecular formula is C38H39N5O7. The second-order valence-electron chi connectivity index (χ2n) is 12.7. The third-order valence-corrected chi connectivity index (χ3v) is 8.99. The lowest BCUT2D eigenvalue weighted by Crippen LogP contribution is -2.24. The van der Waals surface area contributed by atoms with Crippen LogP contribution >= 0.6 is 0 Å². The molecule has 12 heteroatoms. The average Bonchev–Trinajstić information content (AvgIpc) is 3.11. The van der Waals surface area contributed by atoms with Crippen LogP contribution in [0.2, 0.25) is 0 Å². The van der Waals surface area contributed by atoms with E-state index in [2.05, 4.69) is 34.1 Å². The van der Waals surface area contributed by atoms with Gasteiger partial charge in [0.1, 0.15) is 11.3 Å². The summed E-state index contributed by atoms with van der Waals surface area (Å²) in [5.74, 6) is -0.773. The van der Waals surface area contributed by atoms with Crippen LogP contribution in [0.3, 0.4) is 0 Å². The number of ether oxygens (including phenoxy) is 1. The van der Waals surface area contributed by atoms with Crippen LogP contribution in [0.25, 0.3) is 16.5 Å². The summed E-state index contributed by atoms with van der Waals surface area (Å²) in [6.07, 6.45) is 3.97. The highest BCUT2D eigenvalue weighted by molar-refractivity contribution is 6.26. The van der Waals surface area contributed by atoms with E-state index < -0.39 is 39.4 Å². The van der Waals surface area contributed by atoms with Crippen molar-refractivity contribution in [3.05, 3.63) is 93.5 Å². The number of anilines is 4. The molecule has 0 saturated heterocycles. The molecule has 0 radical (unpaired) electrons. The molecule has 1 fully saturated rings. The molecule has 2 aliphatic rings. The van der Waals surface area contributed by atoms with Crippen LogP contribution in [0.1, 0.15) is 60.9 Å². The molecular weight excluding hydrogens is 638 g/mol. The number of nitrogens with zero attached hydrogens (tertiary/aromatic N) is 2. The van der Waals surface area contributed by atoms with E-state index >= 15 is 0 Å². The Kier molecular flexibility index (Phi) is 9.98. The van der Waals surface area contributed by atoms with Gasteiger partial charge in [0.15, 0.2) is 23.1 Å². The topological polar surface area (TPSA) is 163 Å². The summed E-state index contributed by atoms with van der Waals surface area (Å²) in [5.41, 5.74) is 2.70. The summed E-state index contributed by atoms with van der Waals surface area (Å²) in [6, 6.07) is 19.9. The lowest BCUT2D eigenvalue weighted by molar-refractivity contribution is -0.385. The summed E-state index contributed by atoms with van der Waals surface area (Å²) >= 11 is 0. The molecule has 1 aliphatic carbocycles. The largest absolute Gasteiger partial charge is 0.506 e. The monoisotopic (exact) mass is 677 g/mol. The molecule has 258 valence electrons. The van der Waals surface area contributed by atoms with Gasteiger partial charge in [-0.15, -0.1) is 0 Å². The Bertz CT molecular complexity index is 2020. The highest BCUT2D eigenvalue weighted by Crippen LogP contribution is 2.48. The van der Waals surface area contributed by atoms with Crippen molar-refractivity contribution in [1.29, 1.82) is 0 Å². The molecule has 0 spiro atoms. The number of allylic oxidation sites excluding steroid dienone is 1. The zero-order valence-corrected chi connectivity index (χ0v) is 28.0. The van der Waals surface area contributed by atoms with Crippen LogP contribution in [0.15, 0.2) is 72.3 Å². The number of rotatable bonds is 12. The fourth-order valence-electron chi connectivity index (χ4n) is 6.30. The Balaban J connectivity index is 1.00. The van der Waals surface area contributed by atoms with E-state index in [1.807, 2.05) is 49.3 Å². The van der Waals surface area contributed by atoms with Crippen LogP contribution in [0.4, 0.5) is 28.4 Å². The number of Topliss-reactive ketones (excluding diaryl/α,β-unsaturated/α-hetero) is 2. The first kappa shape index (κ1) is 34.0. The average molecular weight is 678 g/mol. The summed E-state index contributed by atoms with van der Waals surface area (Å²) in [6.45, 7) is 1.14. The van der Waals surface area contributed by atoms with Gasteiger partial charge >= 0.3 is 0 Å². The van der Waals surface area contributed by atoms with Crippen molar-refractivity contribution >= 4 is 62.4 Å². The summed E-state index contributed by atoms with van der Waals surface area (Å²) < 4.78 is 6.37. The predicted octanol–water partition coefficient (Wildman–Crippen LogP) is 7.66. The number of hydrogen-bond donors (Lipinski definition) is 4. The second kappa shape index (κ2) is 14.7. The minimum absolute atomic E-state index is 0.0434. The number of nitro groups is 1. The molecule has 1 saturated carbocycles. The van der Waals surface area contributed by atoms with Gasteiger partial charge in [-0.3, -0.25) is 24.5 Å². The van der Waals surface area contributed by atoms with Gasteiger partial charge in [0.25, 0.3) is 11.6 Å². The molecule has 0 aromatic heterocycles. The van der Waals surface area contributed by atoms with Crippen molar-refractivity contribution in [2.24, 2.45) is 0 Å². The van der Waals surface area contributed by atoms with Crippen molar-refractivity contribution < 1.29 is 29.2 Å². The van der Waals surface area contributed by atoms with Gasteiger partial charge < -0.3 is 30.7 Å². The summed E-state index contributed by atoms with van der Waals surface area (Å²) in [4.78, 5) is 50.3. The van der Waals surface area contributed by atoms with E-state index in [4.69, 9.17) is 4.74 Å². The Hall–Kier alpha value is -5.91. The second-order valence-corrected chi connectivity index (χ2v) is 12.7. The van der Waals surface area contributed by atoms with Crippen molar-refractivity contribution in [2.75, 3.05) is 42.7 Å². The van der Waals surface area contributed by atoms with Gasteiger partial charge in [0.2, 0.25) is 0 Å². The molecule has 1 aliphatic heterocycles. The molecule has 4 aromatic carbocycles. The number of carbonyl (C=O) groups is 3. The summed E-state index contributed by atoms with van der Waals surface area (Å²) in [5, 5.41) is 34.5. The van der Waals surface area contributed by atoms with Crippen LogP contribution < -0.4 is 25.6 Å². The first-order chi connectivity index (χ1) is 24.1. The quantitative estimate of drug-likeness (QED) is 0.0257. The molecule has 0 atom stereocenters. The fourth-order valence-corrected chi connectivity index (χ4v) is 6.30. The minimum Gasteiger partial charge on any atom is -0.506 e. The lowest BCUT2D eigenvalue weighted by atomic mass is 9.89. The van der Waals surface area contributed by atoms with Gasteiger partial charge in [0.05, 0.1) is 21.9 Å². The molecule has 0 bridgehead atoms. The predicted molar refractivity (Wildman–Crippen MR) is 194 cm³/mol. The molecule has 1 amide bonds. The molecule has 12 nitrogen and oxygen atoms in total. The van der Waals surface area contributed by atoms with E-state index in [9.17, 15) is 29.6 Å². The molecule has 1 heterocycles. The van der Waals surface area contributed by atoms with E-state index in [0.29, 0.717) is 13.0 Å². The Morgan fingerprint density at radius 1 is 0.920 bits per heavy atom. The summed E-state index contributed by atoms with van der Waals surface area (Å²) in [7, 11) is 3.99. The molecule has 4 N–H and O–H groups in total. The third-order valence-electron chi connectivity index (χ3n) is 8.99. The number of amides is 1. The lowest BCUT2D eigenvalue weighted by Gasteiger charge is -2.26. The number of aliphatic hydroxyl groups is 1. The van der Waals surface area contributed by atoms with E-state index in [1.54, 1.807) is 0 Å². The highest BCUT2D eigenvalue weighted by atomic mass is 16.6. The van der Waals surface area contributed by atoms with Crippen LogP contribution in [0, 0.1) is 10.1 Å². The maximum absolute atomic E-state index is 12.8. The van der Waals surface area contributed by atoms with Gasteiger partial charge in [-0.2, -0.15) is 0 Å². The zero-order chi connectivity index (χ0) is 35.4. The SMILES string of the molecule is CN(C)c1ccc2c(c1)Oc1cc(NCCCCCCNC(=O)c3ccc(C(O)=C4C(=O)CCCC4=O)c([N+](=O)[O-])c3)c3ccccc3c1N2. The first-order valence-corrected chi connectivity index (χ1v) is 16.7. The standard InChI is InChI=1S/C38H39N5O7/c1-42(2)24-15-17-28-33(21-24)50-34-22-29(25-10-5-6-11-26(25)36(34)41-28)39-18-7-3-4-8-19-40-38(47)23-14-16-27(30(20-23)43(48)49)37(46)35-31(44)12-9-13-32(35)45/h5-6,10-11,14-17,20-22,39,41,46H,3-4,7-9,12-13,18-19H2,1-2H3,(H,40,47). The Morgan fingerprint density at radius 3 is 2.36 bits per heavy atom. The molecule has 4 aromatic rings. The van der Waals surface area contributed by atoms with Crippen LogP contribution in [-0.2, 0) is 9.59 Å².